The van der Waals surface area contributed by atoms with Crippen molar-refractivity contribution < 1.29 is 5.11 Å². The largest absolute Gasteiger partial charge is 0.506 e. The average molecular weight is 485 g/mol. The molecule has 0 atom stereocenters. The Balaban J connectivity index is 1.47. The zero-order chi connectivity index (χ0) is 25.2. The van der Waals surface area contributed by atoms with Crippen LogP contribution in [0.1, 0.15) is 40.9 Å². The van der Waals surface area contributed by atoms with Gasteiger partial charge in [0.05, 0.1) is 17.6 Å². The monoisotopic (exact) mass is 484 g/mol. The van der Waals surface area contributed by atoms with Crippen molar-refractivity contribution in [3.8, 4) is 5.75 Å². The van der Waals surface area contributed by atoms with Crippen molar-refractivity contribution >= 4 is 22.7 Å². The number of rotatable bonds is 7. The zero-order valence-corrected chi connectivity index (χ0v) is 21.7. The van der Waals surface area contributed by atoms with E-state index in [1.165, 1.54) is 16.7 Å². The predicted molar refractivity (Wildman–Crippen MR) is 147 cm³/mol. The minimum Gasteiger partial charge on any atom is -0.506 e. The number of nitrogens with zero attached hydrogens (tertiary/aromatic N) is 4. The Kier molecular flexibility index (Phi) is 6.83. The number of hydrogen-bond donors (Lipinski definition) is 3. The third kappa shape index (κ3) is 5.46. The Morgan fingerprint density at radius 1 is 0.944 bits per heavy atom. The number of aromatic nitrogens is 3. The molecule has 0 amide bonds. The second kappa shape index (κ2) is 10.2. The van der Waals surface area contributed by atoms with Crippen molar-refractivity contribution in [1.29, 1.82) is 0 Å². The van der Waals surface area contributed by atoms with Gasteiger partial charge in [-0.25, -0.2) is 4.98 Å². The smallest absolute Gasteiger partial charge is 0.204 e. The molecule has 1 aliphatic heterocycles. The van der Waals surface area contributed by atoms with Gasteiger partial charge in [0, 0.05) is 24.0 Å². The number of pyridine rings is 1. The molecule has 5 rings (SSSR count). The molecule has 36 heavy (non-hydrogen) atoms. The summed E-state index contributed by atoms with van der Waals surface area (Å²) in [6.07, 6.45) is 2.16. The van der Waals surface area contributed by atoms with Gasteiger partial charge in [-0.05, 0) is 107 Å². The van der Waals surface area contributed by atoms with Gasteiger partial charge in [-0.15, -0.1) is 0 Å². The second-order valence-corrected chi connectivity index (χ2v) is 10.2. The van der Waals surface area contributed by atoms with Crippen LogP contribution in [0.4, 0.5) is 11.6 Å². The number of hydrogen-bond acceptors (Lipinski definition) is 6. The van der Waals surface area contributed by atoms with Gasteiger partial charge in [-0.3, -0.25) is 4.98 Å². The first-order valence-corrected chi connectivity index (χ1v) is 12.8. The minimum atomic E-state index is 0.209. The van der Waals surface area contributed by atoms with E-state index in [9.17, 15) is 5.11 Å². The summed E-state index contributed by atoms with van der Waals surface area (Å²) in [6.45, 7) is 9.51. The van der Waals surface area contributed by atoms with Crippen molar-refractivity contribution in [2.75, 3.05) is 30.8 Å². The highest BCUT2D eigenvalue weighted by molar-refractivity contribution is 5.80. The SMILES string of the molecule is Cc1cc(C)cc(NCc2ccc3nc(NC4CCN(C)CC4)n(Cc4nc(C)ccc4O)c3c2)c1. The Hall–Kier alpha value is -3.58. The number of likely N-dealkylation sites (tertiary alicyclic amines) is 1. The van der Waals surface area contributed by atoms with E-state index in [0.717, 1.165) is 60.8 Å². The summed E-state index contributed by atoms with van der Waals surface area (Å²) in [5.41, 5.74) is 8.31. The Morgan fingerprint density at radius 3 is 2.44 bits per heavy atom. The third-order valence-electron chi connectivity index (χ3n) is 6.98. The van der Waals surface area contributed by atoms with Crippen LogP contribution in [0.25, 0.3) is 11.0 Å². The highest BCUT2D eigenvalue weighted by atomic mass is 16.3. The molecule has 0 radical (unpaired) electrons. The maximum atomic E-state index is 10.5. The van der Waals surface area contributed by atoms with Gasteiger partial charge in [0.25, 0.3) is 0 Å². The Morgan fingerprint density at radius 2 is 1.69 bits per heavy atom. The molecule has 3 heterocycles. The molecule has 0 spiro atoms. The van der Waals surface area contributed by atoms with E-state index in [-0.39, 0.29) is 5.75 Å². The van der Waals surface area contributed by atoms with Crippen LogP contribution in [-0.2, 0) is 13.1 Å². The van der Waals surface area contributed by atoms with Gasteiger partial charge >= 0.3 is 0 Å². The van der Waals surface area contributed by atoms with Gasteiger partial charge < -0.3 is 25.2 Å². The Bertz CT molecular complexity index is 1350. The first-order chi connectivity index (χ1) is 17.3. The van der Waals surface area contributed by atoms with Crippen LogP contribution in [0, 0.1) is 20.8 Å². The van der Waals surface area contributed by atoms with Crippen molar-refractivity contribution in [2.24, 2.45) is 0 Å². The highest BCUT2D eigenvalue weighted by Gasteiger charge is 2.21. The van der Waals surface area contributed by atoms with E-state index in [1.54, 1.807) is 6.07 Å². The molecule has 0 unspecified atom stereocenters. The zero-order valence-electron chi connectivity index (χ0n) is 21.7. The molecule has 0 aliphatic carbocycles. The number of anilines is 2. The summed E-state index contributed by atoms with van der Waals surface area (Å²) >= 11 is 0. The number of aryl methyl sites for hydroxylation is 3. The summed E-state index contributed by atoms with van der Waals surface area (Å²) in [7, 11) is 2.17. The molecule has 1 aliphatic rings. The highest BCUT2D eigenvalue weighted by Crippen LogP contribution is 2.27. The van der Waals surface area contributed by atoms with Crippen LogP contribution in [0.15, 0.2) is 48.5 Å². The number of fused-ring (bicyclic) bond motifs is 1. The molecule has 2 aromatic carbocycles. The number of imidazole rings is 1. The lowest BCUT2D eigenvalue weighted by Gasteiger charge is -2.29. The minimum absolute atomic E-state index is 0.209. The van der Waals surface area contributed by atoms with Crippen LogP contribution in [0.5, 0.6) is 5.75 Å². The third-order valence-corrected chi connectivity index (χ3v) is 6.98. The molecular weight excluding hydrogens is 448 g/mol. The fourth-order valence-corrected chi connectivity index (χ4v) is 5.03. The summed E-state index contributed by atoms with van der Waals surface area (Å²) in [4.78, 5) is 12.0. The normalized spacial score (nSPS) is 14.9. The fourth-order valence-electron chi connectivity index (χ4n) is 5.03. The number of nitrogens with one attached hydrogen (secondary N) is 2. The first-order valence-electron chi connectivity index (χ1n) is 12.8. The first kappa shape index (κ1) is 24.1. The predicted octanol–water partition coefficient (Wildman–Crippen LogP) is 5.23. The van der Waals surface area contributed by atoms with Gasteiger partial charge in [0.15, 0.2) is 0 Å². The molecule has 7 nitrogen and oxygen atoms in total. The fraction of sp³-hybridized carbons (Fsp3) is 0.379. The quantitative estimate of drug-likeness (QED) is 0.333. The second-order valence-electron chi connectivity index (χ2n) is 10.2. The molecule has 7 heteroatoms. The number of benzene rings is 2. The molecule has 2 aromatic heterocycles. The maximum Gasteiger partial charge on any atom is 0.204 e. The van der Waals surface area contributed by atoms with Crippen molar-refractivity contribution in [2.45, 2.75) is 52.7 Å². The van der Waals surface area contributed by atoms with Crippen LogP contribution in [0.3, 0.4) is 0 Å². The lowest BCUT2D eigenvalue weighted by Crippen LogP contribution is -2.37. The molecule has 4 aromatic rings. The lowest BCUT2D eigenvalue weighted by molar-refractivity contribution is 0.263. The molecule has 1 saturated heterocycles. The average Bonchev–Trinajstić information content (AvgIpc) is 3.17. The van der Waals surface area contributed by atoms with Crippen LogP contribution in [-0.4, -0.2) is 50.7 Å². The summed E-state index contributed by atoms with van der Waals surface area (Å²) < 4.78 is 2.16. The maximum absolute atomic E-state index is 10.5. The van der Waals surface area contributed by atoms with E-state index in [1.807, 2.05) is 13.0 Å². The van der Waals surface area contributed by atoms with Crippen LogP contribution < -0.4 is 10.6 Å². The molecule has 3 N–H and O–H groups in total. The molecule has 1 fully saturated rings. The van der Waals surface area contributed by atoms with Crippen LogP contribution >= 0.6 is 0 Å². The lowest BCUT2D eigenvalue weighted by atomic mass is 10.1. The van der Waals surface area contributed by atoms with Crippen molar-refractivity contribution in [3.05, 3.63) is 76.6 Å². The van der Waals surface area contributed by atoms with Gasteiger partial charge in [0.1, 0.15) is 11.4 Å². The van der Waals surface area contributed by atoms with Gasteiger partial charge in [-0.2, -0.15) is 0 Å². The van der Waals surface area contributed by atoms with E-state index in [2.05, 4.69) is 82.4 Å². The number of piperidine rings is 1. The number of aromatic hydroxyl groups is 1. The van der Waals surface area contributed by atoms with Crippen molar-refractivity contribution in [1.82, 2.24) is 19.4 Å². The van der Waals surface area contributed by atoms with E-state index in [0.29, 0.717) is 18.3 Å². The topological polar surface area (TPSA) is 78.2 Å². The molecule has 0 bridgehead atoms. The van der Waals surface area contributed by atoms with Gasteiger partial charge in [0.2, 0.25) is 5.95 Å². The summed E-state index contributed by atoms with van der Waals surface area (Å²) in [5, 5.41) is 17.8. The van der Waals surface area contributed by atoms with Crippen LogP contribution in [0.2, 0.25) is 0 Å². The van der Waals surface area contributed by atoms with E-state index >= 15 is 0 Å². The summed E-state index contributed by atoms with van der Waals surface area (Å²) in [5.74, 6) is 1.04. The Labute approximate surface area is 213 Å². The molecular formula is C29H36N6O. The van der Waals surface area contributed by atoms with Gasteiger partial charge in [-0.1, -0.05) is 12.1 Å². The molecule has 188 valence electrons. The standard InChI is InChI=1S/C29H36N6O/c1-19-13-20(2)15-24(14-19)30-17-22-6-7-25-27(16-22)35(18-26-28(36)8-5-21(3)31-26)29(33-25)32-23-9-11-34(4)12-10-23/h5-8,13-16,23,30,36H,9-12,17-18H2,1-4H3,(H,32,33). The molecule has 0 saturated carbocycles. The van der Waals surface area contributed by atoms with E-state index in [4.69, 9.17) is 4.98 Å². The van der Waals surface area contributed by atoms with Crippen molar-refractivity contribution in [3.63, 3.8) is 0 Å². The summed E-state index contributed by atoms with van der Waals surface area (Å²) in [6, 6.07) is 16.9. The van der Waals surface area contributed by atoms with E-state index < -0.39 is 0 Å².